The third-order valence-electron chi connectivity index (χ3n) is 1.62. The number of hydrogen-bond acceptors (Lipinski definition) is 1. The molecule has 0 spiro atoms. The van der Waals surface area contributed by atoms with Crippen molar-refractivity contribution in [3.8, 4) is 12.3 Å². The Morgan fingerprint density at radius 1 is 1.58 bits per heavy atom. The summed E-state index contributed by atoms with van der Waals surface area (Å²) in [6, 6.07) is -0.0927. The number of carbonyl (C=O) groups is 1. The second-order valence-electron chi connectivity index (χ2n) is 3.17. The summed E-state index contributed by atoms with van der Waals surface area (Å²) in [5.41, 5.74) is 0. The predicted molar refractivity (Wildman–Crippen MR) is 50.5 cm³/mol. The Kier molecular flexibility index (Phi) is 5.19. The fourth-order valence-corrected chi connectivity index (χ4v) is 0.824. The Balaban J connectivity index is 3.88. The maximum absolute atomic E-state index is 11.2. The molecule has 1 atom stereocenters. The first-order chi connectivity index (χ1) is 5.61. The first-order valence-corrected chi connectivity index (χ1v) is 4.38. The quantitative estimate of drug-likeness (QED) is 0.632. The molecule has 2 nitrogen and oxygen atoms in total. The standard InChI is InChI=1S/C10H17NO/c1-5-7-9(6-2)11-10(12)8(3)4/h2,8-9H,5,7H2,1,3-4H3,(H,11,12). The van der Waals surface area contributed by atoms with Crippen molar-refractivity contribution in [2.75, 3.05) is 0 Å². The van der Waals surface area contributed by atoms with Gasteiger partial charge >= 0.3 is 0 Å². The molecular weight excluding hydrogens is 150 g/mol. The van der Waals surface area contributed by atoms with Crippen molar-refractivity contribution in [2.45, 2.75) is 39.7 Å². The second-order valence-corrected chi connectivity index (χ2v) is 3.17. The average Bonchev–Trinajstić information content (AvgIpc) is 2.03. The number of hydrogen-bond donors (Lipinski definition) is 1. The average molecular weight is 167 g/mol. The van der Waals surface area contributed by atoms with Gasteiger partial charge in [0.2, 0.25) is 5.91 Å². The molecule has 0 aromatic carbocycles. The van der Waals surface area contributed by atoms with Crippen LogP contribution in [0.25, 0.3) is 0 Å². The SMILES string of the molecule is C#CC(CCC)NC(=O)C(C)C. The highest BCUT2D eigenvalue weighted by atomic mass is 16.1. The number of rotatable bonds is 4. The van der Waals surface area contributed by atoms with Crippen LogP contribution in [0, 0.1) is 18.3 Å². The monoisotopic (exact) mass is 167 g/mol. The Hall–Kier alpha value is -0.970. The van der Waals surface area contributed by atoms with Gasteiger partial charge < -0.3 is 5.32 Å². The molecule has 2 heteroatoms. The Bertz CT molecular complexity index is 179. The summed E-state index contributed by atoms with van der Waals surface area (Å²) in [7, 11) is 0. The summed E-state index contributed by atoms with van der Waals surface area (Å²) >= 11 is 0. The van der Waals surface area contributed by atoms with Crippen LogP contribution < -0.4 is 5.32 Å². The predicted octanol–water partition coefficient (Wildman–Crippen LogP) is 1.56. The Labute approximate surface area is 74.7 Å². The molecule has 12 heavy (non-hydrogen) atoms. The maximum atomic E-state index is 11.2. The van der Waals surface area contributed by atoms with Crippen LogP contribution in [0.2, 0.25) is 0 Å². The van der Waals surface area contributed by atoms with Crippen LogP contribution in [0.1, 0.15) is 33.6 Å². The Morgan fingerprint density at radius 3 is 2.50 bits per heavy atom. The molecule has 0 rings (SSSR count). The number of amides is 1. The van der Waals surface area contributed by atoms with Crippen LogP contribution in [0.5, 0.6) is 0 Å². The van der Waals surface area contributed by atoms with E-state index in [-0.39, 0.29) is 17.9 Å². The van der Waals surface area contributed by atoms with Crippen LogP contribution in [-0.4, -0.2) is 11.9 Å². The van der Waals surface area contributed by atoms with E-state index in [1.165, 1.54) is 0 Å². The van der Waals surface area contributed by atoms with E-state index in [1.54, 1.807) is 0 Å². The first-order valence-electron chi connectivity index (χ1n) is 4.38. The van der Waals surface area contributed by atoms with Gasteiger partial charge in [0.1, 0.15) is 0 Å². The minimum absolute atomic E-state index is 0.0118. The highest BCUT2D eigenvalue weighted by Crippen LogP contribution is 1.98. The van der Waals surface area contributed by atoms with Gasteiger partial charge in [0.25, 0.3) is 0 Å². The molecule has 0 radical (unpaired) electrons. The van der Waals surface area contributed by atoms with Crippen molar-refractivity contribution in [3.05, 3.63) is 0 Å². The van der Waals surface area contributed by atoms with E-state index < -0.39 is 0 Å². The maximum Gasteiger partial charge on any atom is 0.223 e. The zero-order valence-corrected chi connectivity index (χ0v) is 8.05. The fraction of sp³-hybridized carbons (Fsp3) is 0.700. The summed E-state index contributed by atoms with van der Waals surface area (Å²) in [4.78, 5) is 11.2. The lowest BCUT2D eigenvalue weighted by Gasteiger charge is -2.13. The third kappa shape index (κ3) is 4.02. The first kappa shape index (κ1) is 11.0. The summed E-state index contributed by atoms with van der Waals surface area (Å²) in [5.74, 6) is 2.60. The van der Waals surface area contributed by atoms with Crippen LogP contribution >= 0.6 is 0 Å². The molecule has 0 aromatic rings. The number of nitrogens with one attached hydrogen (secondary N) is 1. The molecule has 0 saturated carbocycles. The van der Waals surface area contributed by atoms with Crippen molar-refractivity contribution in [1.82, 2.24) is 5.32 Å². The van der Waals surface area contributed by atoms with Gasteiger partial charge in [0.15, 0.2) is 0 Å². The lowest BCUT2D eigenvalue weighted by atomic mass is 10.1. The molecule has 0 aliphatic rings. The highest BCUT2D eigenvalue weighted by molar-refractivity contribution is 5.78. The Morgan fingerprint density at radius 2 is 2.17 bits per heavy atom. The van der Waals surface area contributed by atoms with Gasteiger partial charge in [-0.2, -0.15) is 0 Å². The molecule has 0 bridgehead atoms. The van der Waals surface area contributed by atoms with E-state index in [0.29, 0.717) is 0 Å². The summed E-state index contributed by atoms with van der Waals surface area (Å²) < 4.78 is 0. The van der Waals surface area contributed by atoms with Gasteiger partial charge in [-0.3, -0.25) is 4.79 Å². The van der Waals surface area contributed by atoms with Crippen LogP contribution in [0.4, 0.5) is 0 Å². The van der Waals surface area contributed by atoms with Crippen molar-refractivity contribution >= 4 is 5.91 Å². The molecule has 68 valence electrons. The van der Waals surface area contributed by atoms with Crippen molar-refractivity contribution in [2.24, 2.45) is 5.92 Å². The zero-order chi connectivity index (χ0) is 9.56. The molecular formula is C10H17NO. The summed E-state index contributed by atoms with van der Waals surface area (Å²) in [6.45, 7) is 5.76. The molecule has 1 amide bonds. The van der Waals surface area contributed by atoms with Gasteiger partial charge in [0, 0.05) is 5.92 Å². The molecule has 0 aliphatic heterocycles. The van der Waals surface area contributed by atoms with Gasteiger partial charge in [-0.25, -0.2) is 0 Å². The van der Waals surface area contributed by atoms with Crippen molar-refractivity contribution < 1.29 is 4.79 Å². The van der Waals surface area contributed by atoms with Gasteiger partial charge in [-0.05, 0) is 6.42 Å². The molecule has 0 aliphatic carbocycles. The molecule has 0 aromatic heterocycles. The lowest BCUT2D eigenvalue weighted by molar-refractivity contribution is -0.124. The van der Waals surface area contributed by atoms with Crippen LogP contribution in [0.3, 0.4) is 0 Å². The van der Waals surface area contributed by atoms with E-state index in [2.05, 4.69) is 11.2 Å². The number of carbonyl (C=O) groups excluding carboxylic acids is 1. The second kappa shape index (κ2) is 5.65. The minimum atomic E-state index is -0.0927. The van der Waals surface area contributed by atoms with Crippen molar-refractivity contribution in [3.63, 3.8) is 0 Å². The molecule has 0 heterocycles. The van der Waals surface area contributed by atoms with E-state index in [9.17, 15) is 4.79 Å². The smallest absolute Gasteiger partial charge is 0.223 e. The molecule has 0 saturated heterocycles. The van der Waals surface area contributed by atoms with Crippen molar-refractivity contribution in [1.29, 1.82) is 0 Å². The van der Waals surface area contributed by atoms with E-state index in [4.69, 9.17) is 6.42 Å². The van der Waals surface area contributed by atoms with Gasteiger partial charge in [-0.1, -0.05) is 33.1 Å². The topological polar surface area (TPSA) is 29.1 Å². The summed E-state index contributed by atoms with van der Waals surface area (Å²) in [5, 5.41) is 2.79. The lowest BCUT2D eigenvalue weighted by Crippen LogP contribution is -2.36. The van der Waals surface area contributed by atoms with E-state index in [0.717, 1.165) is 12.8 Å². The zero-order valence-electron chi connectivity index (χ0n) is 8.05. The van der Waals surface area contributed by atoms with E-state index in [1.807, 2.05) is 20.8 Å². The molecule has 0 fully saturated rings. The van der Waals surface area contributed by atoms with Crippen LogP contribution in [0.15, 0.2) is 0 Å². The van der Waals surface area contributed by atoms with E-state index >= 15 is 0 Å². The number of terminal acetylenes is 1. The molecule has 1 unspecified atom stereocenters. The largest absolute Gasteiger partial charge is 0.342 e. The fourth-order valence-electron chi connectivity index (χ4n) is 0.824. The van der Waals surface area contributed by atoms with Gasteiger partial charge in [0.05, 0.1) is 6.04 Å². The highest BCUT2D eigenvalue weighted by Gasteiger charge is 2.10. The van der Waals surface area contributed by atoms with Gasteiger partial charge in [-0.15, -0.1) is 6.42 Å². The summed E-state index contributed by atoms with van der Waals surface area (Å²) in [6.07, 6.45) is 7.09. The molecule has 1 N–H and O–H groups in total. The third-order valence-corrected chi connectivity index (χ3v) is 1.62. The van der Waals surface area contributed by atoms with Crippen LogP contribution in [-0.2, 0) is 4.79 Å². The minimum Gasteiger partial charge on any atom is -0.342 e. The normalized spacial score (nSPS) is 12.2.